The number of hydrogen-bond acceptors (Lipinski definition) is 6. The van der Waals surface area contributed by atoms with Gasteiger partial charge < -0.3 is 15.8 Å². The number of rotatable bonds is 4. The molecule has 1 aromatic carbocycles. The zero-order valence-electron chi connectivity index (χ0n) is 14.4. The molecule has 132 valence electrons. The fraction of sp³-hybridized carbons (Fsp3) is 0.263. The van der Waals surface area contributed by atoms with Crippen LogP contribution in [0.1, 0.15) is 21.7 Å². The van der Waals surface area contributed by atoms with Gasteiger partial charge in [0, 0.05) is 23.8 Å². The van der Waals surface area contributed by atoms with Crippen molar-refractivity contribution >= 4 is 22.8 Å². The number of nitrogen functional groups attached to an aromatic ring is 1. The van der Waals surface area contributed by atoms with Crippen LogP contribution >= 0.6 is 0 Å². The van der Waals surface area contributed by atoms with Gasteiger partial charge in [-0.15, -0.1) is 0 Å². The Balaban J connectivity index is 1.54. The number of nitrogens with one attached hydrogen (secondary N) is 1. The predicted molar refractivity (Wildman–Crippen MR) is 98.0 cm³/mol. The summed E-state index contributed by atoms with van der Waals surface area (Å²) in [6, 6.07) is 9.41. The molecule has 1 unspecified atom stereocenters. The van der Waals surface area contributed by atoms with Crippen molar-refractivity contribution in [2.45, 2.75) is 12.8 Å². The molecule has 4 rings (SSSR count). The average molecular weight is 349 g/mol. The Morgan fingerprint density at radius 2 is 2.15 bits per heavy atom. The molecule has 0 saturated heterocycles. The average Bonchev–Trinajstić information content (AvgIpc) is 3.08. The van der Waals surface area contributed by atoms with Gasteiger partial charge in [0.1, 0.15) is 17.0 Å². The van der Waals surface area contributed by atoms with Gasteiger partial charge in [-0.1, -0.05) is 18.2 Å². The molecule has 26 heavy (non-hydrogen) atoms. The van der Waals surface area contributed by atoms with Crippen molar-refractivity contribution in [2.24, 2.45) is 5.92 Å². The first-order chi connectivity index (χ1) is 12.7. The molecule has 0 radical (unpaired) electrons. The number of fused-ring (bicyclic) bond motifs is 2. The molecule has 1 atom stereocenters. The maximum atomic E-state index is 12.7. The Bertz CT molecular complexity index is 964. The van der Waals surface area contributed by atoms with E-state index >= 15 is 0 Å². The highest BCUT2D eigenvalue weighted by Crippen LogP contribution is 2.27. The lowest BCUT2D eigenvalue weighted by atomic mass is 10.1. The van der Waals surface area contributed by atoms with E-state index in [-0.39, 0.29) is 17.5 Å². The number of anilines is 1. The molecule has 1 aliphatic rings. The van der Waals surface area contributed by atoms with Gasteiger partial charge in [-0.2, -0.15) is 0 Å². The summed E-state index contributed by atoms with van der Waals surface area (Å²) in [6.07, 6.45) is 3.60. The first-order valence-corrected chi connectivity index (χ1v) is 8.47. The van der Waals surface area contributed by atoms with Crippen LogP contribution < -0.4 is 15.8 Å². The van der Waals surface area contributed by atoms with Crippen LogP contribution in [0.3, 0.4) is 0 Å². The van der Waals surface area contributed by atoms with E-state index in [0.29, 0.717) is 29.1 Å². The van der Waals surface area contributed by atoms with E-state index in [9.17, 15) is 4.79 Å². The van der Waals surface area contributed by atoms with Crippen molar-refractivity contribution in [2.75, 3.05) is 19.4 Å². The van der Waals surface area contributed by atoms with E-state index < -0.39 is 0 Å². The summed E-state index contributed by atoms with van der Waals surface area (Å²) < 4.78 is 5.31. The largest absolute Gasteiger partial charge is 0.494 e. The molecule has 7 nitrogen and oxygen atoms in total. The van der Waals surface area contributed by atoms with E-state index in [1.807, 2.05) is 12.3 Å². The molecular formula is C19H19N5O2. The van der Waals surface area contributed by atoms with Gasteiger partial charge in [0.2, 0.25) is 5.95 Å². The van der Waals surface area contributed by atoms with Crippen LogP contribution in [0.25, 0.3) is 10.9 Å². The van der Waals surface area contributed by atoms with Gasteiger partial charge in [-0.3, -0.25) is 9.78 Å². The number of para-hydroxylation sites is 1. The molecule has 1 amide bonds. The van der Waals surface area contributed by atoms with Gasteiger partial charge in [0.25, 0.3) is 5.91 Å². The van der Waals surface area contributed by atoms with Crippen molar-refractivity contribution in [1.82, 2.24) is 20.3 Å². The monoisotopic (exact) mass is 349 g/mol. The number of nitrogens with zero attached hydrogens (tertiary/aromatic N) is 3. The Morgan fingerprint density at radius 3 is 2.96 bits per heavy atom. The second-order valence-corrected chi connectivity index (χ2v) is 6.38. The van der Waals surface area contributed by atoms with Crippen molar-refractivity contribution in [3.63, 3.8) is 0 Å². The minimum atomic E-state index is -0.263. The van der Waals surface area contributed by atoms with Crippen LogP contribution in [0.5, 0.6) is 5.75 Å². The number of nitrogens with two attached hydrogens (primary N) is 1. The number of carbonyl (C=O) groups is 1. The summed E-state index contributed by atoms with van der Waals surface area (Å²) >= 11 is 0. The zero-order chi connectivity index (χ0) is 18.1. The number of aromatic nitrogens is 3. The van der Waals surface area contributed by atoms with Gasteiger partial charge >= 0.3 is 0 Å². The van der Waals surface area contributed by atoms with E-state index in [4.69, 9.17) is 10.5 Å². The number of ether oxygens (including phenoxy) is 1. The molecule has 1 aliphatic carbocycles. The Labute approximate surface area is 150 Å². The van der Waals surface area contributed by atoms with Crippen LogP contribution in [-0.2, 0) is 12.8 Å². The molecule has 0 fully saturated rings. The third kappa shape index (κ3) is 2.92. The van der Waals surface area contributed by atoms with Crippen LogP contribution in [0, 0.1) is 5.92 Å². The lowest BCUT2D eigenvalue weighted by Crippen LogP contribution is -2.30. The second kappa shape index (κ2) is 6.59. The number of pyridine rings is 1. The van der Waals surface area contributed by atoms with Crippen molar-refractivity contribution in [3.8, 4) is 5.75 Å². The van der Waals surface area contributed by atoms with Gasteiger partial charge in [0.15, 0.2) is 0 Å². The lowest BCUT2D eigenvalue weighted by Gasteiger charge is -2.12. The highest BCUT2D eigenvalue weighted by molar-refractivity contribution is 6.05. The third-order valence-corrected chi connectivity index (χ3v) is 4.67. The normalized spacial score (nSPS) is 15.7. The molecule has 3 N–H and O–H groups in total. The molecule has 7 heteroatoms. The second-order valence-electron chi connectivity index (χ2n) is 6.38. The third-order valence-electron chi connectivity index (χ3n) is 4.67. The van der Waals surface area contributed by atoms with Crippen molar-refractivity contribution < 1.29 is 9.53 Å². The smallest absolute Gasteiger partial charge is 0.270 e. The van der Waals surface area contributed by atoms with Crippen LogP contribution in [0.4, 0.5) is 5.95 Å². The molecule has 0 saturated carbocycles. The lowest BCUT2D eigenvalue weighted by molar-refractivity contribution is 0.0944. The van der Waals surface area contributed by atoms with Crippen LogP contribution in [-0.4, -0.2) is 34.5 Å². The molecular weight excluding hydrogens is 330 g/mol. The van der Waals surface area contributed by atoms with E-state index in [1.54, 1.807) is 25.3 Å². The Hall–Kier alpha value is -3.22. The number of amides is 1. The summed E-state index contributed by atoms with van der Waals surface area (Å²) in [4.78, 5) is 25.5. The predicted octanol–water partition coefficient (Wildman–Crippen LogP) is 1.76. The van der Waals surface area contributed by atoms with Gasteiger partial charge in [-0.25, -0.2) is 9.97 Å². The van der Waals surface area contributed by atoms with Gasteiger partial charge in [0.05, 0.1) is 7.11 Å². The van der Waals surface area contributed by atoms with Crippen LogP contribution in [0.2, 0.25) is 0 Å². The van der Waals surface area contributed by atoms with Crippen molar-refractivity contribution in [1.29, 1.82) is 0 Å². The summed E-state index contributed by atoms with van der Waals surface area (Å²) in [5.74, 6) is 0.678. The first kappa shape index (κ1) is 16.3. The molecule has 0 spiro atoms. The molecule has 2 aromatic heterocycles. The molecule has 3 aromatic rings. The van der Waals surface area contributed by atoms with E-state index in [1.165, 1.54) is 5.56 Å². The van der Waals surface area contributed by atoms with E-state index in [0.717, 1.165) is 18.5 Å². The van der Waals surface area contributed by atoms with Crippen molar-refractivity contribution in [3.05, 3.63) is 53.5 Å². The quantitative estimate of drug-likeness (QED) is 0.744. The number of methoxy groups -OCH3 is 1. The molecule has 2 heterocycles. The fourth-order valence-electron chi connectivity index (χ4n) is 3.44. The minimum Gasteiger partial charge on any atom is -0.494 e. The topological polar surface area (TPSA) is 103 Å². The fourth-order valence-corrected chi connectivity index (χ4v) is 3.44. The summed E-state index contributed by atoms with van der Waals surface area (Å²) in [7, 11) is 1.55. The highest BCUT2D eigenvalue weighted by atomic mass is 16.5. The summed E-state index contributed by atoms with van der Waals surface area (Å²) in [5, 5.41) is 3.60. The minimum absolute atomic E-state index is 0.0459. The Morgan fingerprint density at radius 1 is 1.27 bits per heavy atom. The SMILES string of the molecule is COc1cccc2c(C(=O)NCC3Cc4cccnc4C3)nc(N)nc12. The molecule has 0 aliphatic heterocycles. The number of carbonyl (C=O) groups excluding carboxylic acids is 1. The standard InChI is InChI=1S/C19H19N5O2/c1-26-15-6-2-5-13-16(15)23-19(20)24-17(13)18(25)22-10-11-8-12-4-3-7-21-14(12)9-11/h2-7,11H,8-10H2,1H3,(H,22,25)(H2,20,23,24). The number of benzene rings is 1. The zero-order valence-corrected chi connectivity index (χ0v) is 14.4. The molecule has 0 bridgehead atoms. The van der Waals surface area contributed by atoms with Crippen LogP contribution in [0.15, 0.2) is 36.5 Å². The van der Waals surface area contributed by atoms with E-state index in [2.05, 4.69) is 26.3 Å². The first-order valence-electron chi connectivity index (χ1n) is 8.47. The summed E-state index contributed by atoms with van der Waals surface area (Å²) in [5.41, 5.74) is 8.97. The van der Waals surface area contributed by atoms with Gasteiger partial charge in [-0.05, 0) is 36.5 Å². The maximum absolute atomic E-state index is 12.7. The highest BCUT2D eigenvalue weighted by Gasteiger charge is 2.23. The maximum Gasteiger partial charge on any atom is 0.270 e. The summed E-state index contributed by atoms with van der Waals surface area (Å²) in [6.45, 7) is 0.560. The Kier molecular flexibility index (Phi) is 4.12. The number of hydrogen-bond donors (Lipinski definition) is 2.